The molecule has 0 aliphatic heterocycles. The lowest BCUT2D eigenvalue weighted by atomic mass is 10.2. The number of rotatable bonds is 3. The molecule has 0 radical (unpaired) electrons. The molecule has 7 heteroatoms. The first-order chi connectivity index (χ1) is 6.87. The van der Waals surface area contributed by atoms with Crippen molar-refractivity contribution < 1.29 is 13.2 Å². The summed E-state index contributed by atoms with van der Waals surface area (Å²) in [6.45, 7) is 1.38. The molecule has 2 N–H and O–H groups in total. The third-order valence-corrected chi connectivity index (χ3v) is 1.62. The molecule has 0 aliphatic carbocycles. The SMILES string of the molecule is CC(CC(F)(F)F)Nc1cn[nH]c(=O)c1. The second-order valence-electron chi connectivity index (χ2n) is 3.20. The Kier molecular flexibility index (Phi) is 3.33. The number of anilines is 1. The third kappa shape index (κ3) is 4.48. The summed E-state index contributed by atoms with van der Waals surface area (Å²) in [6, 6.07) is 0.355. The van der Waals surface area contributed by atoms with E-state index in [1.165, 1.54) is 13.1 Å². The Bertz CT molecular complexity index is 374. The Morgan fingerprint density at radius 2 is 2.27 bits per heavy atom. The Morgan fingerprint density at radius 3 is 2.80 bits per heavy atom. The van der Waals surface area contributed by atoms with Gasteiger partial charge >= 0.3 is 6.18 Å². The van der Waals surface area contributed by atoms with Gasteiger partial charge in [-0.3, -0.25) is 4.79 Å². The molecule has 0 amide bonds. The molecule has 0 saturated heterocycles. The van der Waals surface area contributed by atoms with Gasteiger partial charge in [-0.2, -0.15) is 18.3 Å². The number of hydrogen-bond donors (Lipinski definition) is 2. The molecular weight excluding hydrogens is 211 g/mol. The predicted molar refractivity (Wildman–Crippen MR) is 48.6 cm³/mol. The fourth-order valence-electron chi connectivity index (χ4n) is 1.14. The van der Waals surface area contributed by atoms with E-state index in [0.29, 0.717) is 0 Å². The van der Waals surface area contributed by atoms with Gasteiger partial charge in [0.1, 0.15) is 0 Å². The van der Waals surface area contributed by atoms with E-state index in [2.05, 4.69) is 15.5 Å². The van der Waals surface area contributed by atoms with E-state index < -0.39 is 24.2 Å². The largest absolute Gasteiger partial charge is 0.391 e. The molecule has 84 valence electrons. The molecule has 0 aliphatic rings. The third-order valence-electron chi connectivity index (χ3n) is 1.62. The van der Waals surface area contributed by atoms with Crippen LogP contribution in [0.2, 0.25) is 0 Å². The van der Waals surface area contributed by atoms with Gasteiger partial charge in [-0.05, 0) is 6.92 Å². The summed E-state index contributed by atoms with van der Waals surface area (Å²) >= 11 is 0. The van der Waals surface area contributed by atoms with Crippen LogP contribution in [0.4, 0.5) is 18.9 Å². The first-order valence-electron chi connectivity index (χ1n) is 4.25. The predicted octanol–water partition coefficient (Wildman–Crippen LogP) is 1.52. The van der Waals surface area contributed by atoms with E-state index in [1.807, 2.05) is 0 Å². The zero-order chi connectivity index (χ0) is 11.5. The molecule has 1 atom stereocenters. The lowest BCUT2D eigenvalue weighted by molar-refractivity contribution is -0.136. The zero-order valence-corrected chi connectivity index (χ0v) is 7.93. The summed E-state index contributed by atoms with van der Waals surface area (Å²) in [7, 11) is 0. The van der Waals surface area contributed by atoms with Crippen LogP contribution in [0.15, 0.2) is 17.1 Å². The van der Waals surface area contributed by atoms with Crippen LogP contribution in [0.1, 0.15) is 13.3 Å². The smallest absolute Gasteiger partial charge is 0.381 e. The molecular formula is C8H10F3N3O. The van der Waals surface area contributed by atoms with Gasteiger partial charge < -0.3 is 5.32 Å². The molecule has 0 aromatic carbocycles. The van der Waals surface area contributed by atoms with E-state index in [4.69, 9.17) is 0 Å². The summed E-state index contributed by atoms with van der Waals surface area (Å²) in [5.41, 5.74) is -0.185. The number of halogens is 3. The van der Waals surface area contributed by atoms with Gasteiger partial charge in [-0.25, -0.2) is 5.10 Å². The van der Waals surface area contributed by atoms with Gasteiger partial charge in [0.05, 0.1) is 18.3 Å². The van der Waals surface area contributed by atoms with Crippen molar-refractivity contribution in [2.75, 3.05) is 5.32 Å². The van der Waals surface area contributed by atoms with Gasteiger partial charge in [-0.1, -0.05) is 0 Å². The Morgan fingerprint density at radius 1 is 1.60 bits per heavy atom. The Hall–Kier alpha value is -1.53. The Labute approximate surface area is 83.5 Å². The number of aromatic nitrogens is 2. The fourth-order valence-corrected chi connectivity index (χ4v) is 1.14. The number of nitrogens with one attached hydrogen (secondary N) is 2. The van der Waals surface area contributed by atoms with Crippen LogP contribution >= 0.6 is 0 Å². The normalized spacial score (nSPS) is 13.6. The monoisotopic (exact) mass is 221 g/mol. The van der Waals surface area contributed by atoms with E-state index in [1.54, 1.807) is 0 Å². The maximum atomic E-state index is 12.0. The van der Waals surface area contributed by atoms with Crippen LogP contribution in [0.25, 0.3) is 0 Å². The number of hydrogen-bond acceptors (Lipinski definition) is 3. The first kappa shape index (κ1) is 11.5. The van der Waals surface area contributed by atoms with Crippen LogP contribution in [0.5, 0.6) is 0 Å². The average molecular weight is 221 g/mol. The van der Waals surface area contributed by atoms with Crippen molar-refractivity contribution in [3.8, 4) is 0 Å². The Balaban J connectivity index is 2.59. The summed E-state index contributed by atoms with van der Waals surface area (Å²) < 4.78 is 35.9. The minimum atomic E-state index is -4.22. The molecule has 15 heavy (non-hydrogen) atoms. The molecule has 0 saturated carbocycles. The maximum absolute atomic E-state index is 12.0. The highest BCUT2D eigenvalue weighted by Gasteiger charge is 2.29. The number of aromatic amines is 1. The quantitative estimate of drug-likeness (QED) is 0.813. The van der Waals surface area contributed by atoms with Gasteiger partial charge in [0, 0.05) is 12.1 Å². The van der Waals surface area contributed by atoms with Crippen LogP contribution in [-0.4, -0.2) is 22.4 Å². The highest BCUT2D eigenvalue weighted by Crippen LogP contribution is 2.22. The van der Waals surface area contributed by atoms with Crippen molar-refractivity contribution >= 4 is 5.69 Å². The zero-order valence-electron chi connectivity index (χ0n) is 7.93. The highest BCUT2D eigenvalue weighted by atomic mass is 19.4. The molecule has 0 spiro atoms. The molecule has 1 rings (SSSR count). The van der Waals surface area contributed by atoms with Crippen molar-refractivity contribution in [1.29, 1.82) is 0 Å². The molecule has 1 heterocycles. The molecule has 4 nitrogen and oxygen atoms in total. The van der Waals surface area contributed by atoms with Crippen molar-refractivity contribution in [1.82, 2.24) is 10.2 Å². The van der Waals surface area contributed by atoms with Crippen molar-refractivity contribution in [3.63, 3.8) is 0 Å². The maximum Gasteiger partial charge on any atom is 0.391 e. The van der Waals surface area contributed by atoms with Gasteiger partial charge in [0.2, 0.25) is 0 Å². The summed E-state index contributed by atoms with van der Waals surface area (Å²) in [4.78, 5) is 10.8. The lowest BCUT2D eigenvalue weighted by Gasteiger charge is -2.16. The molecule has 1 unspecified atom stereocenters. The molecule has 0 fully saturated rings. The van der Waals surface area contributed by atoms with Crippen molar-refractivity contribution in [3.05, 3.63) is 22.6 Å². The van der Waals surface area contributed by atoms with Crippen LogP contribution in [0.3, 0.4) is 0 Å². The van der Waals surface area contributed by atoms with Gasteiger partial charge in [0.15, 0.2) is 0 Å². The highest BCUT2D eigenvalue weighted by molar-refractivity contribution is 5.39. The first-order valence-corrected chi connectivity index (χ1v) is 4.25. The molecule has 1 aromatic heterocycles. The lowest BCUT2D eigenvalue weighted by Crippen LogP contribution is -2.24. The van der Waals surface area contributed by atoms with Crippen LogP contribution in [0, 0.1) is 0 Å². The second kappa shape index (κ2) is 4.33. The summed E-state index contributed by atoms with van der Waals surface area (Å²) in [6.07, 6.45) is -3.92. The van der Waals surface area contributed by atoms with Crippen molar-refractivity contribution in [2.45, 2.75) is 25.6 Å². The molecule has 0 bridgehead atoms. The van der Waals surface area contributed by atoms with E-state index in [-0.39, 0.29) is 5.69 Å². The van der Waals surface area contributed by atoms with Gasteiger partial charge in [-0.15, -0.1) is 0 Å². The molecule has 1 aromatic rings. The second-order valence-corrected chi connectivity index (χ2v) is 3.20. The van der Waals surface area contributed by atoms with E-state index >= 15 is 0 Å². The number of nitrogens with zero attached hydrogens (tertiary/aromatic N) is 1. The fraction of sp³-hybridized carbons (Fsp3) is 0.500. The average Bonchev–Trinajstić information content (AvgIpc) is 1.99. The summed E-state index contributed by atoms with van der Waals surface area (Å²) in [5.74, 6) is 0. The van der Waals surface area contributed by atoms with Crippen molar-refractivity contribution in [2.24, 2.45) is 0 Å². The van der Waals surface area contributed by atoms with Crippen LogP contribution in [-0.2, 0) is 0 Å². The topological polar surface area (TPSA) is 57.8 Å². The number of H-pyrrole nitrogens is 1. The van der Waals surface area contributed by atoms with Gasteiger partial charge in [0.25, 0.3) is 5.56 Å². The van der Waals surface area contributed by atoms with E-state index in [0.717, 1.165) is 6.07 Å². The summed E-state index contributed by atoms with van der Waals surface area (Å²) in [5, 5.41) is 8.11. The minimum Gasteiger partial charge on any atom is -0.381 e. The van der Waals surface area contributed by atoms with Crippen LogP contribution < -0.4 is 10.9 Å². The standard InChI is InChI=1S/C8H10F3N3O/c1-5(3-8(9,10)11)13-6-2-7(15)14-12-4-6/h2,4-5H,3H2,1H3,(H2,13,14,15). The minimum absolute atomic E-state index is 0.274. The van der Waals surface area contributed by atoms with E-state index in [9.17, 15) is 18.0 Å². The number of alkyl halides is 3.